The fourth-order valence-corrected chi connectivity index (χ4v) is 3.06. The zero-order valence-electron chi connectivity index (χ0n) is 12.8. The molecule has 24 heavy (non-hydrogen) atoms. The van der Waals surface area contributed by atoms with Gasteiger partial charge in [0, 0.05) is 30.6 Å². The van der Waals surface area contributed by atoms with Gasteiger partial charge < -0.3 is 10.6 Å². The van der Waals surface area contributed by atoms with Crippen molar-refractivity contribution in [3.05, 3.63) is 71.3 Å². The molecule has 1 aliphatic heterocycles. The predicted octanol–water partition coefficient (Wildman–Crippen LogP) is 3.27. The van der Waals surface area contributed by atoms with Gasteiger partial charge >= 0.3 is 6.18 Å². The SMILES string of the molecule is N[C@@H]1CN(C(=O)c2cccc(C(F)(F)F)c2)C[C@H]1c1ccccc1. The Bertz CT molecular complexity index is 731. The molecule has 0 radical (unpaired) electrons. The van der Waals surface area contributed by atoms with Gasteiger partial charge in [0.1, 0.15) is 0 Å². The molecule has 2 N–H and O–H groups in total. The minimum absolute atomic E-state index is 0.0130. The number of nitrogens with zero attached hydrogens (tertiary/aromatic N) is 1. The van der Waals surface area contributed by atoms with Crippen LogP contribution in [0.25, 0.3) is 0 Å². The second-order valence-electron chi connectivity index (χ2n) is 5.97. The summed E-state index contributed by atoms with van der Waals surface area (Å²) < 4.78 is 38.4. The highest BCUT2D eigenvalue weighted by molar-refractivity contribution is 5.94. The lowest BCUT2D eigenvalue weighted by atomic mass is 9.95. The summed E-state index contributed by atoms with van der Waals surface area (Å²) in [6.45, 7) is 0.731. The normalized spacial score (nSPS) is 21.1. The molecule has 2 atom stereocenters. The third-order valence-corrected chi connectivity index (χ3v) is 4.32. The van der Waals surface area contributed by atoms with E-state index < -0.39 is 17.6 Å². The smallest absolute Gasteiger partial charge is 0.336 e. The van der Waals surface area contributed by atoms with Crippen LogP contribution in [0, 0.1) is 0 Å². The highest BCUT2D eigenvalue weighted by Crippen LogP contribution is 2.31. The van der Waals surface area contributed by atoms with Crippen molar-refractivity contribution in [2.75, 3.05) is 13.1 Å². The molecule has 0 bridgehead atoms. The number of hydrogen-bond acceptors (Lipinski definition) is 2. The van der Waals surface area contributed by atoms with Crippen LogP contribution in [0.4, 0.5) is 13.2 Å². The van der Waals surface area contributed by atoms with Crippen LogP contribution in [-0.4, -0.2) is 29.9 Å². The van der Waals surface area contributed by atoms with Crippen LogP contribution in [0.3, 0.4) is 0 Å². The van der Waals surface area contributed by atoms with E-state index in [-0.39, 0.29) is 17.5 Å². The van der Waals surface area contributed by atoms with Crippen LogP contribution in [0.5, 0.6) is 0 Å². The van der Waals surface area contributed by atoms with Crippen molar-refractivity contribution in [3.63, 3.8) is 0 Å². The average molecular weight is 334 g/mol. The first-order chi connectivity index (χ1) is 11.4. The number of carbonyl (C=O) groups excluding carboxylic acids is 1. The number of nitrogens with two attached hydrogens (primary N) is 1. The molecule has 3 rings (SSSR count). The van der Waals surface area contributed by atoms with Crippen LogP contribution >= 0.6 is 0 Å². The number of rotatable bonds is 2. The third-order valence-electron chi connectivity index (χ3n) is 4.32. The van der Waals surface area contributed by atoms with Crippen molar-refractivity contribution < 1.29 is 18.0 Å². The van der Waals surface area contributed by atoms with Gasteiger partial charge in [0.15, 0.2) is 0 Å². The number of amides is 1. The van der Waals surface area contributed by atoms with Crippen LogP contribution in [-0.2, 0) is 6.18 Å². The molecule has 6 heteroatoms. The predicted molar refractivity (Wildman–Crippen MR) is 84.5 cm³/mol. The van der Waals surface area contributed by atoms with Crippen LogP contribution < -0.4 is 5.73 Å². The summed E-state index contributed by atoms with van der Waals surface area (Å²) in [5.41, 5.74) is 6.38. The van der Waals surface area contributed by atoms with Gasteiger partial charge in [-0.05, 0) is 23.8 Å². The standard InChI is InChI=1S/C18H17F3N2O/c19-18(20,21)14-8-4-7-13(9-14)17(24)23-10-15(16(22)11-23)12-5-2-1-3-6-12/h1-9,15-16H,10-11,22H2/t15-,16+/m0/s1. The largest absolute Gasteiger partial charge is 0.416 e. The molecule has 1 saturated heterocycles. The van der Waals surface area contributed by atoms with Gasteiger partial charge in [-0.2, -0.15) is 13.2 Å². The molecular weight excluding hydrogens is 317 g/mol. The first-order valence-corrected chi connectivity index (χ1v) is 7.63. The number of benzene rings is 2. The van der Waals surface area contributed by atoms with Gasteiger partial charge in [-0.15, -0.1) is 0 Å². The monoisotopic (exact) mass is 334 g/mol. The van der Waals surface area contributed by atoms with Crippen molar-refractivity contribution >= 4 is 5.91 Å². The maximum atomic E-state index is 12.8. The lowest BCUT2D eigenvalue weighted by molar-refractivity contribution is -0.137. The Balaban J connectivity index is 1.80. The molecule has 3 nitrogen and oxygen atoms in total. The lowest BCUT2D eigenvalue weighted by Crippen LogP contribution is -2.32. The molecule has 1 fully saturated rings. The van der Waals surface area contributed by atoms with Crippen molar-refractivity contribution in [2.45, 2.75) is 18.1 Å². The van der Waals surface area contributed by atoms with E-state index in [9.17, 15) is 18.0 Å². The van der Waals surface area contributed by atoms with Gasteiger partial charge in [-0.1, -0.05) is 36.4 Å². The molecule has 2 aromatic rings. The maximum Gasteiger partial charge on any atom is 0.416 e. The molecule has 1 heterocycles. The molecule has 1 aliphatic rings. The summed E-state index contributed by atoms with van der Waals surface area (Å²) in [4.78, 5) is 14.1. The van der Waals surface area contributed by atoms with E-state index in [0.29, 0.717) is 13.1 Å². The quantitative estimate of drug-likeness (QED) is 0.916. The summed E-state index contributed by atoms with van der Waals surface area (Å²) in [7, 11) is 0. The van der Waals surface area contributed by atoms with Crippen molar-refractivity contribution in [3.8, 4) is 0 Å². The molecule has 0 unspecified atom stereocenters. The van der Waals surface area contributed by atoms with Gasteiger partial charge in [0.2, 0.25) is 0 Å². The first-order valence-electron chi connectivity index (χ1n) is 7.63. The summed E-state index contributed by atoms with van der Waals surface area (Å²) in [6.07, 6.45) is -4.47. The zero-order chi connectivity index (χ0) is 17.3. The number of hydrogen-bond donors (Lipinski definition) is 1. The summed E-state index contributed by atoms with van der Waals surface area (Å²) in [5.74, 6) is -0.434. The molecule has 0 spiro atoms. The molecular formula is C18H17F3N2O. The molecule has 126 valence electrons. The minimum Gasteiger partial charge on any atom is -0.336 e. The second-order valence-corrected chi connectivity index (χ2v) is 5.97. The molecule has 0 aromatic heterocycles. The van der Waals surface area contributed by atoms with Crippen molar-refractivity contribution in [1.82, 2.24) is 4.90 Å². The Morgan fingerprint density at radius 2 is 1.75 bits per heavy atom. The first kappa shape index (κ1) is 16.5. The fourth-order valence-electron chi connectivity index (χ4n) is 3.06. The summed E-state index contributed by atoms with van der Waals surface area (Å²) in [5, 5.41) is 0. The molecule has 1 amide bonds. The number of halogens is 3. The van der Waals surface area contributed by atoms with E-state index >= 15 is 0 Å². The highest BCUT2D eigenvalue weighted by Gasteiger charge is 2.35. The Kier molecular flexibility index (Phi) is 4.32. The van der Waals surface area contributed by atoms with E-state index in [2.05, 4.69) is 0 Å². The van der Waals surface area contributed by atoms with Crippen LogP contribution in [0.1, 0.15) is 27.4 Å². The van der Waals surface area contributed by atoms with Gasteiger partial charge in [0.25, 0.3) is 5.91 Å². The maximum absolute atomic E-state index is 12.8. The zero-order valence-corrected chi connectivity index (χ0v) is 12.8. The Morgan fingerprint density at radius 1 is 1.04 bits per heavy atom. The molecule has 2 aromatic carbocycles. The van der Waals surface area contributed by atoms with Gasteiger partial charge in [0.05, 0.1) is 5.56 Å². The van der Waals surface area contributed by atoms with Crippen molar-refractivity contribution in [1.29, 1.82) is 0 Å². The number of likely N-dealkylation sites (tertiary alicyclic amines) is 1. The van der Waals surface area contributed by atoms with E-state index in [4.69, 9.17) is 5.73 Å². The topological polar surface area (TPSA) is 46.3 Å². The summed E-state index contributed by atoms with van der Waals surface area (Å²) >= 11 is 0. The Morgan fingerprint density at radius 3 is 2.42 bits per heavy atom. The second kappa shape index (κ2) is 6.28. The number of carbonyl (C=O) groups is 1. The van der Waals surface area contributed by atoms with E-state index in [1.165, 1.54) is 17.0 Å². The van der Waals surface area contributed by atoms with Crippen LogP contribution in [0.2, 0.25) is 0 Å². The average Bonchev–Trinajstić information content (AvgIpc) is 2.96. The Labute approximate surface area is 137 Å². The van der Waals surface area contributed by atoms with E-state index in [1.54, 1.807) is 0 Å². The van der Waals surface area contributed by atoms with E-state index in [0.717, 1.165) is 17.7 Å². The van der Waals surface area contributed by atoms with Gasteiger partial charge in [-0.25, -0.2) is 0 Å². The van der Waals surface area contributed by atoms with Gasteiger partial charge in [-0.3, -0.25) is 4.79 Å². The van der Waals surface area contributed by atoms with E-state index in [1.807, 2.05) is 30.3 Å². The minimum atomic E-state index is -4.47. The van der Waals surface area contributed by atoms with Crippen molar-refractivity contribution in [2.24, 2.45) is 5.73 Å². The third kappa shape index (κ3) is 3.28. The fraction of sp³-hybridized carbons (Fsp3) is 0.278. The molecule has 0 aliphatic carbocycles. The Hall–Kier alpha value is -2.34. The highest BCUT2D eigenvalue weighted by atomic mass is 19.4. The molecule has 0 saturated carbocycles. The summed E-state index contributed by atoms with van der Waals surface area (Å²) in [6, 6.07) is 13.9. The van der Waals surface area contributed by atoms with Crippen LogP contribution in [0.15, 0.2) is 54.6 Å². The lowest BCUT2D eigenvalue weighted by Gasteiger charge is -2.17. The number of alkyl halides is 3.